The van der Waals surface area contributed by atoms with Crippen molar-refractivity contribution in [2.45, 2.75) is 32.9 Å². The fourth-order valence-electron chi connectivity index (χ4n) is 1.76. The van der Waals surface area contributed by atoms with Gasteiger partial charge in [0.2, 0.25) is 0 Å². The molecule has 4 nitrogen and oxygen atoms in total. The highest BCUT2D eigenvalue weighted by molar-refractivity contribution is 7.13. The molecular formula is C14H21N3OS. The molecule has 0 radical (unpaired) electrons. The molecule has 0 bridgehead atoms. The maximum Gasteiger partial charge on any atom is 0.185 e. The van der Waals surface area contributed by atoms with Crippen LogP contribution in [0.3, 0.4) is 0 Å². The lowest BCUT2D eigenvalue weighted by Crippen LogP contribution is -2.18. The van der Waals surface area contributed by atoms with Crippen molar-refractivity contribution < 1.29 is 4.42 Å². The largest absolute Gasteiger partial charge is 0.464 e. The van der Waals surface area contributed by atoms with Gasteiger partial charge in [-0.3, -0.25) is 0 Å². The predicted molar refractivity (Wildman–Crippen MR) is 79.8 cm³/mol. The maximum atomic E-state index is 5.74. The average molecular weight is 279 g/mol. The van der Waals surface area contributed by atoms with E-state index in [1.165, 1.54) is 0 Å². The van der Waals surface area contributed by atoms with E-state index >= 15 is 0 Å². The summed E-state index contributed by atoms with van der Waals surface area (Å²) < 4.78 is 5.74. The summed E-state index contributed by atoms with van der Waals surface area (Å²) in [7, 11) is 4.02. The Morgan fingerprint density at radius 3 is 2.79 bits per heavy atom. The Bertz CT molecular complexity index is 518. The fourth-order valence-corrected chi connectivity index (χ4v) is 2.52. The van der Waals surface area contributed by atoms with E-state index in [1.54, 1.807) is 11.3 Å². The van der Waals surface area contributed by atoms with E-state index in [0.29, 0.717) is 0 Å². The van der Waals surface area contributed by atoms with E-state index in [1.807, 2.05) is 31.1 Å². The Kier molecular flexibility index (Phi) is 4.61. The second-order valence-electron chi connectivity index (χ2n) is 4.78. The summed E-state index contributed by atoms with van der Waals surface area (Å²) in [5.74, 6) is 2.02. The van der Waals surface area contributed by atoms with Gasteiger partial charge in [-0.15, -0.1) is 11.3 Å². The first kappa shape index (κ1) is 14.1. The zero-order chi connectivity index (χ0) is 13.8. The number of hydrogen-bond acceptors (Lipinski definition) is 5. The smallest absolute Gasteiger partial charge is 0.185 e. The van der Waals surface area contributed by atoms with E-state index in [0.717, 1.165) is 35.3 Å². The van der Waals surface area contributed by atoms with Gasteiger partial charge in [0.1, 0.15) is 11.5 Å². The molecule has 1 atom stereocenters. The molecule has 0 saturated carbocycles. The van der Waals surface area contributed by atoms with Gasteiger partial charge in [-0.25, -0.2) is 4.98 Å². The quantitative estimate of drug-likeness (QED) is 0.881. The van der Waals surface area contributed by atoms with Gasteiger partial charge in [0, 0.05) is 32.4 Å². The molecule has 2 aromatic rings. The molecule has 0 aromatic carbocycles. The molecule has 1 N–H and O–H groups in total. The van der Waals surface area contributed by atoms with Crippen molar-refractivity contribution in [1.82, 2.24) is 10.3 Å². The molecule has 0 saturated heterocycles. The minimum Gasteiger partial charge on any atom is -0.464 e. The first-order chi connectivity index (χ1) is 9.10. The second kappa shape index (κ2) is 6.21. The van der Waals surface area contributed by atoms with Crippen LogP contribution in [0.1, 0.15) is 37.1 Å². The summed E-state index contributed by atoms with van der Waals surface area (Å²) in [5, 5.41) is 6.57. The predicted octanol–water partition coefficient (Wildman–Crippen LogP) is 3.22. The maximum absolute atomic E-state index is 5.74. The number of hydrogen-bond donors (Lipinski definition) is 1. The standard InChI is InChI=1S/C14H21N3OS/c1-5-12-6-7-13(18-12)10(2)15-8-11-9-19-14(16-11)17(3)4/h6-7,9-10,15H,5,8H2,1-4H3. The van der Waals surface area contributed by atoms with E-state index in [9.17, 15) is 0 Å². The number of nitrogens with zero attached hydrogens (tertiary/aromatic N) is 2. The third kappa shape index (κ3) is 3.58. The average Bonchev–Trinajstić information content (AvgIpc) is 3.04. The van der Waals surface area contributed by atoms with Crippen LogP contribution >= 0.6 is 11.3 Å². The molecule has 0 aliphatic heterocycles. The van der Waals surface area contributed by atoms with Crippen molar-refractivity contribution in [2.75, 3.05) is 19.0 Å². The number of thiazole rings is 1. The molecule has 2 heterocycles. The molecule has 2 rings (SSSR count). The van der Waals surface area contributed by atoms with Gasteiger partial charge >= 0.3 is 0 Å². The Morgan fingerprint density at radius 2 is 2.21 bits per heavy atom. The van der Waals surface area contributed by atoms with Crippen LogP contribution in [0.25, 0.3) is 0 Å². The van der Waals surface area contributed by atoms with E-state index in [4.69, 9.17) is 4.42 Å². The molecule has 104 valence electrons. The number of nitrogens with one attached hydrogen (secondary N) is 1. The highest BCUT2D eigenvalue weighted by Gasteiger charge is 2.11. The molecule has 0 fully saturated rings. The van der Waals surface area contributed by atoms with Crippen molar-refractivity contribution in [3.05, 3.63) is 34.7 Å². The van der Waals surface area contributed by atoms with Crippen LogP contribution in [0, 0.1) is 0 Å². The molecule has 1 unspecified atom stereocenters. The zero-order valence-electron chi connectivity index (χ0n) is 11.9. The highest BCUT2D eigenvalue weighted by atomic mass is 32.1. The molecule has 2 aromatic heterocycles. The minimum atomic E-state index is 0.199. The summed E-state index contributed by atoms with van der Waals surface area (Å²) in [4.78, 5) is 6.57. The van der Waals surface area contributed by atoms with Crippen LogP contribution in [0.2, 0.25) is 0 Å². The highest BCUT2D eigenvalue weighted by Crippen LogP contribution is 2.20. The first-order valence-corrected chi connectivity index (χ1v) is 7.41. The molecular weight excluding hydrogens is 258 g/mol. The SMILES string of the molecule is CCc1ccc(C(C)NCc2csc(N(C)C)n2)o1. The second-order valence-corrected chi connectivity index (χ2v) is 5.61. The number of anilines is 1. The summed E-state index contributed by atoms with van der Waals surface area (Å²) in [5.41, 5.74) is 1.07. The third-order valence-corrected chi connectivity index (χ3v) is 4.03. The van der Waals surface area contributed by atoms with Crippen molar-refractivity contribution in [1.29, 1.82) is 0 Å². The normalized spacial score (nSPS) is 12.6. The van der Waals surface area contributed by atoms with E-state index < -0.39 is 0 Å². The van der Waals surface area contributed by atoms with E-state index in [2.05, 4.69) is 29.5 Å². The Hall–Kier alpha value is -1.33. The van der Waals surface area contributed by atoms with Crippen LogP contribution < -0.4 is 10.2 Å². The van der Waals surface area contributed by atoms with Crippen molar-refractivity contribution in [3.63, 3.8) is 0 Å². The summed E-state index contributed by atoms with van der Waals surface area (Å²) in [6.07, 6.45) is 0.936. The lowest BCUT2D eigenvalue weighted by molar-refractivity contribution is 0.407. The van der Waals surface area contributed by atoms with Gasteiger partial charge in [-0.2, -0.15) is 0 Å². The van der Waals surface area contributed by atoms with Gasteiger partial charge < -0.3 is 14.6 Å². The Balaban J connectivity index is 1.90. The van der Waals surface area contributed by atoms with Gasteiger partial charge in [0.05, 0.1) is 11.7 Å². The molecule has 0 amide bonds. The molecule has 19 heavy (non-hydrogen) atoms. The fraction of sp³-hybridized carbons (Fsp3) is 0.500. The van der Waals surface area contributed by atoms with Gasteiger partial charge in [0.25, 0.3) is 0 Å². The van der Waals surface area contributed by atoms with Gasteiger partial charge in [0.15, 0.2) is 5.13 Å². The van der Waals surface area contributed by atoms with Crippen LogP contribution in [0.4, 0.5) is 5.13 Å². The summed E-state index contributed by atoms with van der Waals surface area (Å²) >= 11 is 1.66. The molecule has 0 spiro atoms. The van der Waals surface area contributed by atoms with Crippen LogP contribution in [0.15, 0.2) is 21.9 Å². The lowest BCUT2D eigenvalue weighted by Gasteiger charge is -2.10. The van der Waals surface area contributed by atoms with Crippen molar-refractivity contribution in [3.8, 4) is 0 Å². The Labute approximate surface area is 118 Å². The molecule has 0 aliphatic rings. The summed E-state index contributed by atoms with van der Waals surface area (Å²) in [6.45, 7) is 4.96. The van der Waals surface area contributed by atoms with Crippen molar-refractivity contribution >= 4 is 16.5 Å². The van der Waals surface area contributed by atoms with Crippen LogP contribution in [-0.2, 0) is 13.0 Å². The minimum absolute atomic E-state index is 0.199. The molecule has 0 aliphatic carbocycles. The summed E-state index contributed by atoms with van der Waals surface area (Å²) in [6, 6.07) is 4.29. The molecule has 5 heteroatoms. The number of furan rings is 1. The number of aryl methyl sites for hydroxylation is 1. The third-order valence-electron chi connectivity index (χ3n) is 2.97. The zero-order valence-corrected chi connectivity index (χ0v) is 12.8. The lowest BCUT2D eigenvalue weighted by atomic mass is 10.2. The topological polar surface area (TPSA) is 41.3 Å². The van der Waals surface area contributed by atoms with Crippen molar-refractivity contribution in [2.24, 2.45) is 0 Å². The van der Waals surface area contributed by atoms with Gasteiger partial charge in [-0.05, 0) is 19.1 Å². The number of rotatable bonds is 6. The van der Waals surface area contributed by atoms with Crippen LogP contribution in [-0.4, -0.2) is 19.1 Å². The first-order valence-electron chi connectivity index (χ1n) is 6.54. The van der Waals surface area contributed by atoms with Gasteiger partial charge in [-0.1, -0.05) is 6.92 Å². The van der Waals surface area contributed by atoms with Crippen LogP contribution in [0.5, 0.6) is 0 Å². The monoisotopic (exact) mass is 279 g/mol. The Morgan fingerprint density at radius 1 is 1.42 bits per heavy atom. The van der Waals surface area contributed by atoms with E-state index in [-0.39, 0.29) is 6.04 Å². The number of aromatic nitrogens is 1.